The number of hydrogen-bond donors (Lipinski definition) is 1. The molecule has 1 aliphatic rings. The number of ether oxygens (including phenoxy) is 1. The van der Waals surface area contributed by atoms with Crippen molar-refractivity contribution >= 4 is 23.2 Å². The summed E-state index contributed by atoms with van der Waals surface area (Å²) in [5.41, 5.74) is 2.87. The van der Waals surface area contributed by atoms with E-state index in [1.807, 2.05) is 13.8 Å². The molecule has 1 heterocycles. The molecule has 0 aliphatic carbocycles. The van der Waals surface area contributed by atoms with Crippen LogP contribution in [-0.2, 0) is 0 Å². The Balaban J connectivity index is 1.63. The van der Waals surface area contributed by atoms with E-state index in [1.165, 1.54) is 18.5 Å². The molecule has 0 spiro atoms. The molecule has 4 nitrogen and oxygen atoms in total. The number of piperidine rings is 1. The zero-order valence-corrected chi connectivity index (χ0v) is 17.6. The van der Waals surface area contributed by atoms with Crippen molar-refractivity contribution in [1.29, 1.82) is 0 Å². The van der Waals surface area contributed by atoms with Crippen LogP contribution in [0.25, 0.3) is 0 Å². The van der Waals surface area contributed by atoms with Crippen LogP contribution in [0.5, 0.6) is 5.75 Å². The number of carbonyl (C=O) groups is 1. The molecule has 0 unspecified atom stereocenters. The lowest BCUT2D eigenvalue weighted by atomic mass is 9.99. The molecule has 5 heteroatoms. The first kappa shape index (κ1) is 20.5. The van der Waals surface area contributed by atoms with Crippen molar-refractivity contribution in [2.75, 3.05) is 24.6 Å². The number of halogens is 1. The molecule has 1 aliphatic heterocycles. The molecule has 2 aromatic carbocycles. The number of amides is 1. The van der Waals surface area contributed by atoms with Crippen LogP contribution in [0.15, 0.2) is 42.5 Å². The van der Waals surface area contributed by atoms with E-state index < -0.39 is 0 Å². The molecule has 1 N–H and O–H groups in total. The first-order valence-corrected chi connectivity index (χ1v) is 10.4. The molecule has 1 amide bonds. The summed E-state index contributed by atoms with van der Waals surface area (Å²) in [4.78, 5) is 15.0. The highest BCUT2D eigenvalue weighted by molar-refractivity contribution is 6.32. The van der Waals surface area contributed by atoms with Crippen LogP contribution in [0.2, 0.25) is 5.02 Å². The van der Waals surface area contributed by atoms with Crippen LogP contribution < -0.4 is 15.0 Å². The third-order valence-corrected chi connectivity index (χ3v) is 5.55. The van der Waals surface area contributed by atoms with E-state index >= 15 is 0 Å². The minimum absolute atomic E-state index is 0.0906. The third-order valence-electron chi connectivity index (χ3n) is 5.26. The average Bonchev–Trinajstić information content (AvgIpc) is 2.69. The highest BCUT2D eigenvalue weighted by Crippen LogP contribution is 2.27. The van der Waals surface area contributed by atoms with Crippen molar-refractivity contribution < 1.29 is 9.53 Å². The van der Waals surface area contributed by atoms with Gasteiger partial charge >= 0.3 is 0 Å². The molecule has 0 aromatic heterocycles. The number of nitrogens with zero attached hydrogens (tertiary/aromatic N) is 1. The van der Waals surface area contributed by atoms with Crippen molar-refractivity contribution in [3.63, 3.8) is 0 Å². The van der Waals surface area contributed by atoms with Gasteiger partial charge in [0, 0.05) is 24.3 Å². The van der Waals surface area contributed by atoms with E-state index in [0.29, 0.717) is 22.9 Å². The van der Waals surface area contributed by atoms with Crippen LogP contribution in [0.3, 0.4) is 0 Å². The van der Waals surface area contributed by atoms with Crippen LogP contribution in [-0.4, -0.2) is 25.6 Å². The van der Waals surface area contributed by atoms with Gasteiger partial charge in [-0.15, -0.1) is 0 Å². The predicted octanol–water partition coefficient (Wildman–Crippen LogP) is 5.47. The summed E-state index contributed by atoms with van der Waals surface area (Å²) in [7, 11) is 0. The number of benzene rings is 2. The normalized spacial score (nSPS) is 17.9. The fraction of sp³-hybridized carbons (Fsp3) is 0.435. The van der Waals surface area contributed by atoms with Gasteiger partial charge < -0.3 is 15.0 Å². The Hall–Kier alpha value is -2.20. The maximum Gasteiger partial charge on any atom is 0.251 e. The molecule has 0 bridgehead atoms. The first-order valence-electron chi connectivity index (χ1n) is 10.1. The minimum atomic E-state index is -0.147. The molecule has 1 saturated heterocycles. The van der Waals surface area contributed by atoms with E-state index in [9.17, 15) is 4.79 Å². The van der Waals surface area contributed by atoms with Gasteiger partial charge in [-0.05, 0) is 68.5 Å². The lowest BCUT2D eigenvalue weighted by Gasteiger charge is -2.33. The number of carbonyl (C=O) groups excluding carboxylic acids is 1. The first-order chi connectivity index (χ1) is 13.5. The van der Waals surface area contributed by atoms with Crippen LogP contribution in [0, 0.1) is 5.92 Å². The number of hydrogen-bond acceptors (Lipinski definition) is 3. The monoisotopic (exact) mass is 400 g/mol. The molecule has 1 fully saturated rings. The van der Waals surface area contributed by atoms with Crippen LogP contribution in [0.4, 0.5) is 5.69 Å². The summed E-state index contributed by atoms with van der Waals surface area (Å²) in [5.74, 6) is 1.19. The smallest absolute Gasteiger partial charge is 0.251 e. The van der Waals surface area contributed by atoms with Gasteiger partial charge in [0.25, 0.3) is 5.91 Å². The van der Waals surface area contributed by atoms with E-state index in [-0.39, 0.29) is 11.9 Å². The summed E-state index contributed by atoms with van der Waals surface area (Å²) in [5, 5.41) is 3.49. The van der Waals surface area contributed by atoms with Crippen molar-refractivity contribution in [3.05, 3.63) is 58.6 Å². The summed E-state index contributed by atoms with van der Waals surface area (Å²) >= 11 is 6.20. The van der Waals surface area contributed by atoms with E-state index in [4.69, 9.17) is 16.3 Å². The lowest BCUT2D eigenvalue weighted by molar-refractivity contribution is 0.0940. The highest BCUT2D eigenvalue weighted by atomic mass is 35.5. The molecular formula is C23H29ClN2O2. The Morgan fingerprint density at radius 1 is 1.29 bits per heavy atom. The summed E-state index contributed by atoms with van der Waals surface area (Å²) in [6.45, 7) is 8.97. The molecule has 0 saturated carbocycles. The second kappa shape index (κ2) is 9.33. The zero-order valence-electron chi connectivity index (χ0n) is 16.9. The quantitative estimate of drug-likeness (QED) is 0.699. The fourth-order valence-electron chi connectivity index (χ4n) is 3.68. The number of anilines is 1. The molecule has 150 valence electrons. The Morgan fingerprint density at radius 2 is 2.04 bits per heavy atom. The Morgan fingerprint density at radius 3 is 2.68 bits per heavy atom. The summed E-state index contributed by atoms with van der Waals surface area (Å²) in [6, 6.07) is 13.5. The summed E-state index contributed by atoms with van der Waals surface area (Å²) < 4.78 is 5.42. The summed E-state index contributed by atoms with van der Waals surface area (Å²) in [6.07, 6.45) is 2.56. The van der Waals surface area contributed by atoms with Gasteiger partial charge in [-0.1, -0.05) is 30.7 Å². The molecule has 0 radical (unpaired) electrons. The standard InChI is InChI=1S/C23H29ClN2O2/c1-4-28-22-12-9-19(14-21(22)24)23(27)25-17(3)18-7-10-20(11-8-18)26-13-5-6-16(2)15-26/h7-12,14,16-17H,4-6,13,15H2,1-3H3,(H,25,27)/t16-,17+/m1/s1. The van der Waals surface area contributed by atoms with Crippen molar-refractivity contribution in [1.82, 2.24) is 5.32 Å². The second-order valence-electron chi connectivity index (χ2n) is 7.56. The van der Waals surface area contributed by atoms with Crippen molar-refractivity contribution in [3.8, 4) is 5.75 Å². The van der Waals surface area contributed by atoms with Gasteiger partial charge in [0.15, 0.2) is 0 Å². The topological polar surface area (TPSA) is 41.6 Å². The van der Waals surface area contributed by atoms with Gasteiger partial charge in [-0.2, -0.15) is 0 Å². The molecule has 3 rings (SSSR count). The lowest BCUT2D eigenvalue weighted by Crippen LogP contribution is -2.34. The number of nitrogens with one attached hydrogen (secondary N) is 1. The predicted molar refractivity (Wildman–Crippen MR) is 116 cm³/mol. The minimum Gasteiger partial charge on any atom is -0.492 e. The van der Waals surface area contributed by atoms with Crippen LogP contribution >= 0.6 is 11.6 Å². The second-order valence-corrected chi connectivity index (χ2v) is 7.97. The van der Waals surface area contributed by atoms with Gasteiger partial charge in [0.05, 0.1) is 17.7 Å². The van der Waals surface area contributed by atoms with Gasteiger partial charge in [0.2, 0.25) is 0 Å². The third kappa shape index (κ3) is 4.99. The number of rotatable bonds is 6. The highest BCUT2D eigenvalue weighted by Gasteiger charge is 2.17. The van der Waals surface area contributed by atoms with E-state index in [0.717, 1.165) is 24.6 Å². The van der Waals surface area contributed by atoms with Gasteiger partial charge in [-0.25, -0.2) is 0 Å². The Labute approximate surface area is 172 Å². The van der Waals surface area contributed by atoms with Gasteiger partial charge in [0.1, 0.15) is 5.75 Å². The zero-order chi connectivity index (χ0) is 20.1. The molecule has 2 aromatic rings. The van der Waals surface area contributed by atoms with Gasteiger partial charge in [-0.3, -0.25) is 4.79 Å². The average molecular weight is 401 g/mol. The van der Waals surface area contributed by atoms with Crippen LogP contribution in [0.1, 0.15) is 55.6 Å². The van der Waals surface area contributed by atoms with E-state index in [1.54, 1.807) is 18.2 Å². The molecule has 28 heavy (non-hydrogen) atoms. The van der Waals surface area contributed by atoms with Crippen molar-refractivity contribution in [2.45, 2.75) is 39.7 Å². The molecular weight excluding hydrogens is 372 g/mol. The molecule has 2 atom stereocenters. The van der Waals surface area contributed by atoms with E-state index in [2.05, 4.69) is 41.4 Å². The fourth-order valence-corrected chi connectivity index (χ4v) is 3.91. The Kier molecular flexibility index (Phi) is 6.84. The maximum absolute atomic E-state index is 12.6. The Bertz CT molecular complexity index is 807. The maximum atomic E-state index is 12.6. The SMILES string of the molecule is CCOc1ccc(C(=O)N[C@@H](C)c2ccc(N3CCC[C@@H](C)C3)cc2)cc1Cl. The van der Waals surface area contributed by atoms with Crippen molar-refractivity contribution in [2.24, 2.45) is 5.92 Å². The largest absolute Gasteiger partial charge is 0.492 e.